The molecule has 0 fully saturated rings. The first-order valence-corrected chi connectivity index (χ1v) is 6.84. The maximum Gasteiger partial charge on any atom is 0.263 e. The predicted octanol–water partition coefficient (Wildman–Crippen LogP) is 1.99. The highest BCUT2D eigenvalue weighted by Gasteiger charge is 2.11. The Balaban J connectivity index is 2.88. The number of rotatable bonds is 7. The molecule has 0 radical (unpaired) electrons. The monoisotopic (exact) mass is 287 g/mol. The van der Waals surface area contributed by atoms with Gasteiger partial charge >= 0.3 is 0 Å². The average molecular weight is 287 g/mol. The third-order valence-electron chi connectivity index (χ3n) is 2.92. The number of benzene rings is 1. The van der Waals surface area contributed by atoms with E-state index in [1.165, 1.54) is 0 Å². The summed E-state index contributed by atoms with van der Waals surface area (Å²) in [5, 5.41) is 11.8. The number of carbonyl (C=O) groups excluding carboxylic acids is 1. The molecule has 1 N–H and O–H groups in total. The number of nitriles is 1. The van der Waals surface area contributed by atoms with Crippen molar-refractivity contribution in [3.8, 4) is 6.07 Å². The van der Waals surface area contributed by atoms with Gasteiger partial charge in [0.25, 0.3) is 5.91 Å². The van der Waals surface area contributed by atoms with Crippen LogP contribution in [0.2, 0.25) is 0 Å². The molecule has 0 spiro atoms. The number of nitrogens with one attached hydrogen (secondary N) is 1. The molecule has 0 saturated heterocycles. The summed E-state index contributed by atoms with van der Waals surface area (Å²) in [6.07, 6.45) is 1.58. The number of amides is 1. The van der Waals surface area contributed by atoms with E-state index in [0.29, 0.717) is 19.7 Å². The first kappa shape index (κ1) is 16.7. The molecule has 0 aromatic heterocycles. The van der Waals surface area contributed by atoms with E-state index in [-0.39, 0.29) is 11.5 Å². The van der Waals surface area contributed by atoms with Gasteiger partial charge in [-0.3, -0.25) is 4.79 Å². The largest absolute Gasteiger partial charge is 0.383 e. The minimum absolute atomic E-state index is 0.0782. The minimum atomic E-state index is -0.388. The number of ether oxygens (including phenoxy) is 1. The van der Waals surface area contributed by atoms with Crippen molar-refractivity contribution in [1.82, 2.24) is 5.32 Å². The second kappa shape index (κ2) is 8.77. The van der Waals surface area contributed by atoms with E-state index in [1.54, 1.807) is 13.3 Å². The summed E-state index contributed by atoms with van der Waals surface area (Å²) in [6, 6.07) is 9.86. The van der Waals surface area contributed by atoms with E-state index in [0.717, 1.165) is 11.3 Å². The lowest BCUT2D eigenvalue weighted by Crippen LogP contribution is -2.29. The molecule has 0 aliphatic carbocycles. The van der Waals surface area contributed by atoms with Crippen molar-refractivity contribution in [2.45, 2.75) is 13.8 Å². The lowest BCUT2D eigenvalue weighted by Gasteiger charge is -2.19. The molecular formula is C16H21N3O2. The molecule has 1 rings (SSSR count). The summed E-state index contributed by atoms with van der Waals surface area (Å²) in [5.41, 5.74) is 2.16. The molecule has 0 heterocycles. The van der Waals surface area contributed by atoms with Gasteiger partial charge in [0.2, 0.25) is 0 Å². The zero-order valence-corrected chi connectivity index (χ0v) is 12.7. The Morgan fingerprint density at radius 1 is 1.52 bits per heavy atom. The standard InChI is InChI=1S/C16H21N3O2/c1-4-19(15-7-5-6-13(2)10-15)12-14(11-17)16(20)18-8-9-21-3/h5-7,10,12H,4,8-9H2,1-3H3,(H,18,20)/b14-12-. The number of hydrogen-bond acceptors (Lipinski definition) is 4. The lowest BCUT2D eigenvalue weighted by atomic mass is 10.2. The van der Waals surface area contributed by atoms with Gasteiger partial charge in [-0.1, -0.05) is 12.1 Å². The van der Waals surface area contributed by atoms with Crippen LogP contribution in [0.3, 0.4) is 0 Å². The van der Waals surface area contributed by atoms with Gasteiger partial charge in [0.1, 0.15) is 11.6 Å². The Morgan fingerprint density at radius 2 is 2.29 bits per heavy atom. The molecule has 0 bridgehead atoms. The number of methoxy groups -OCH3 is 1. The molecule has 1 aromatic carbocycles. The molecule has 0 unspecified atom stereocenters. The van der Waals surface area contributed by atoms with E-state index in [2.05, 4.69) is 5.32 Å². The van der Waals surface area contributed by atoms with Gasteiger partial charge in [0, 0.05) is 32.1 Å². The zero-order valence-electron chi connectivity index (χ0n) is 12.7. The molecule has 5 nitrogen and oxygen atoms in total. The van der Waals surface area contributed by atoms with Crippen LogP contribution in [0.5, 0.6) is 0 Å². The molecule has 1 amide bonds. The lowest BCUT2D eigenvalue weighted by molar-refractivity contribution is -0.117. The van der Waals surface area contributed by atoms with E-state index in [9.17, 15) is 4.79 Å². The van der Waals surface area contributed by atoms with Crippen LogP contribution in [-0.2, 0) is 9.53 Å². The van der Waals surface area contributed by atoms with Crippen LogP contribution in [0.25, 0.3) is 0 Å². The number of aryl methyl sites for hydroxylation is 1. The van der Waals surface area contributed by atoms with Crippen LogP contribution >= 0.6 is 0 Å². The van der Waals surface area contributed by atoms with Crippen LogP contribution < -0.4 is 10.2 Å². The fraction of sp³-hybridized carbons (Fsp3) is 0.375. The summed E-state index contributed by atoms with van der Waals surface area (Å²) < 4.78 is 4.86. The van der Waals surface area contributed by atoms with Crippen molar-refractivity contribution < 1.29 is 9.53 Å². The Hall–Kier alpha value is -2.32. The molecule has 21 heavy (non-hydrogen) atoms. The Bertz CT molecular complexity index is 547. The summed E-state index contributed by atoms with van der Waals surface area (Å²) in [7, 11) is 1.56. The van der Waals surface area contributed by atoms with Crippen molar-refractivity contribution in [3.63, 3.8) is 0 Å². The third kappa shape index (κ3) is 5.28. The molecule has 0 aliphatic rings. The van der Waals surface area contributed by atoms with Crippen LogP contribution in [0.1, 0.15) is 12.5 Å². The topological polar surface area (TPSA) is 65.4 Å². The van der Waals surface area contributed by atoms with Crippen LogP contribution in [-0.4, -0.2) is 32.7 Å². The van der Waals surface area contributed by atoms with E-state index in [1.807, 2.05) is 49.1 Å². The van der Waals surface area contributed by atoms with Crippen LogP contribution in [0.4, 0.5) is 5.69 Å². The van der Waals surface area contributed by atoms with Gasteiger partial charge in [-0.25, -0.2) is 0 Å². The zero-order chi connectivity index (χ0) is 15.7. The third-order valence-corrected chi connectivity index (χ3v) is 2.92. The highest BCUT2D eigenvalue weighted by Crippen LogP contribution is 2.17. The minimum Gasteiger partial charge on any atom is -0.383 e. The second-order valence-corrected chi connectivity index (χ2v) is 4.53. The summed E-state index contributed by atoms with van der Waals surface area (Å²) in [4.78, 5) is 13.8. The van der Waals surface area contributed by atoms with Gasteiger partial charge in [0.15, 0.2) is 0 Å². The van der Waals surface area contributed by atoms with Crippen molar-refractivity contribution in [2.24, 2.45) is 0 Å². The number of hydrogen-bond donors (Lipinski definition) is 1. The van der Waals surface area contributed by atoms with Gasteiger partial charge in [-0.05, 0) is 31.5 Å². The molecule has 0 atom stereocenters. The van der Waals surface area contributed by atoms with E-state index in [4.69, 9.17) is 10.00 Å². The van der Waals surface area contributed by atoms with Gasteiger partial charge in [-0.15, -0.1) is 0 Å². The van der Waals surface area contributed by atoms with Gasteiger partial charge in [-0.2, -0.15) is 5.26 Å². The van der Waals surface area contributed by atoms with Crippen molar-refractivity contribution >= 4 is 11.6 Å². The van der Waals surface area contributed by atoms with Crippen molar-refractivity contribution in [1.29, 1.82) is 5.26 Å². The molecular weight excluding hydrogens is 266 g/mol. The summed E-state index contributed by atoms with van der Waals surface area (Å²) in [5.74, 6) is -0.388. The van der Waals surface area contributed by atoms with Crippen LogP contribution in [0.15, 0.2) is 36.0 Å². The molecule has 0 aliphatic heterocycles. The molecule has 5 heteroatoms. The predicted molar refractivity (Wildman–Crippen MR) is 82.8 cm³/mol. The molecule has 1 aromatic rings. The van der Waals surface area contributed by atoms with E-state index >= 15 is 0 Å². The highest BCUT2D eigenvalue weighted by molar-refractivity contribution is 5.97. The molecule has 0 saturated carbocycles. The number of carbonyl (C=O) groups is 1. The fourth-order valence-corrected chi connectivity index (χ4v) is 1.81. The highest BCUT2D eigenvalue weighted by atomic mass is 16.5. The number of anilines is 1. The number of nitrogens with zero attached hydrogens (tertiary/aromatic N) is 2. The Kier molecular flexibility index (Phi) is 6.99. The molecule has 112 valence electrons. The Labute approximate surface area is 125 Å². The maximum atomic E-state index is 11.9. The van der Waals surface area contributed by atoms with Crippen molar-refractivity contribution in [2.75, 3.05) is 31.7 Å². The second-order valence-electron chi connectivity index (χ2n) is 4.53. The summed E-state index contributed by atoms with van der Waals surface area (Å²) in [6.45, 7) is 5.44. The Morgan fingerprint density at radius 3 is 2.86 bits per heavy atom. The quantitative estimate of drug-likeness (QED) is 0.473. The van der Waals surface area contributed by atoms with Gasteiger partial charge in [0.05, 0.1) is 6.61 Å². The van der Waals surface area contributed by atoms with Gasteiger partial charge < -0.3 is 15.0 Å². The SMILES string of the molecule is CCN(/C=C(/C#N)C(=O)NCCOC)c1cccc(C)c1. The average Bonchev–Trinajstić information content (AvgIpc) is 2.48. The smallest absolute Gasteiger partial charge is 0.263 e. The fourth-order valence-electron chi connectivity index (χ4n) is 1.81. The summed E-state index contributed by atoms with van der Waals surface area (Å²) >= 11 is 0. The maximum absolute atomic E-state index is 11.9. The van der Waals surface area contributed by atoms with Crippen molar-refractivity contribution in [3.05, 3.63) is 41.6 Å². The normalized spacial score (nSPS) is 10.9. The van der Waals surface area contributed by atoms with E-state index < -0.39 is 0 Å². The first-order chi connectivity index (χ1) is 10.1. The van der Waals surface area contributed by atoms with Crippen LogP contribution in [0, 0.1) is 18.3 Å². The first-order valence-electron chi connectivity index (χ1n) is 6.84.